The molecule has 17 heavy (non-hydrogen) atoms. The third-order valence-electron chi connectivity index (χ3n) is 2.76. The molecule has 0 saturated carbocycles. The molecule has 0 aromatic heterocycles. The number of sulfonamides is 1. The summed E-state index contributed by atoms with van der Waals surface area (Å²) in [5.74, 6) is 0. The molecule has 6 heteroatoms. The quantitative estimate of drug-likeness (QED) is 0.794. The molecule has 1 rings (SSSR count). The lowest BCUT2D eigenvalue weighted by atomic mass is 10.3. The van der Waals surface area contributed by atoms with Crippen LogP contribution in [0, 0.1) is 0 Å². The van der Waals surface area contributed by atoms with E-state index in [9.17, 15) is 8.42 Å². The van der Waals surface area contributed by atoms with Crippen molar-refractivity contribution in [3.05, 3.63) is 27.1 Å². The van der Waals surface area contributed by atoms with Gasteiger partial charge in [0.1, 0.15) is 0 Å². The van der Waals surface area contributed by atoms with E-state index in [-0.39, 0.29) is 10.9 Å². The molecule has 1 aromatic rings. The van der Waals surface area contributed by atoms with Gasteiger partial charge in [-0.05, 0) is 47.5 Å². The SMILES string of the molecule is CCC(C)N(C)S(=O)(=O)c1cc(Br)ccc1Br. The second-order valence-corrected chi connectivity index (χ2v) is 7.59. The van der Waals surface area contributed by atoms with E-state index in [1.807, 2.05) is 13.8 Å². The summed E-state index contributed by atoms with van der Waals surface area (Å²) in [6, 6.07) is 5.11. The first-order valence-corrected chi connectivity index (χ1v) is 8.26. The van der Waals surface area contributed by atoms with Crippen molar-refractivity contribution in [1.82, 2.24) is 4.31 Å². The topological polar surface area (TPSA) is 37.4 Å². The maximum atomic E-state index is 12.4. The second kappa shape index (κ2) is 5.82. The molecule has 0 heterocycles. The van der Waals surface area contributed by atoms with Crippen molar-refractivity contribution in [3.8, 4) is 0 Å². The number of nitrogens with zero attached hydrogens (tertiary/aromatic N) is 1. The summed E-state index contributed by atoms with van der Waals surface area (Å²) in [5.41, 5.74) is 0. The Hall–Kier alpha value is 0.0900. The molecule has 0 fully saturated rings. The van der Waals surface area contributed by atoms with Gasteiger partial charge >= 0.3 is 0 Å². The Balaban J connectivity index is 3.26. The van der Waals surface area contributed by atoms with Crippen LogP contribution in [-0.2, 0) is 10.0 Å². The largest absolute Gasteiger partial charge is 0.244 e. The summed E-state index contributed by atoms with van der Waals surface area (Å²) >= 11 is 6.57. The Morgan fingerprint density at radius 1 is 1.35 bits per heavy atom. The van der Waals surface area contributed by atoms with Crippen LogP contribution in [0.25, 0.3) is 0 Å². The van der Waals surface area contributed by atoms with Crippen LogP contribution in [-0.4, -0.2) is 25.8 Å². The molecule has 0 aliphatic carbocycles. The second-order valence-electron chi connectivity index (χ2n) is 3.85. The van der Waals surface area contributed by atoms with E-state index in [1.165, 1.54) is 4.31 Å². The van der Waals surface area contributed by atoms with Crippen molar-refractivity contribution in [2.24, 2.45) is 0 Å². The van der Waals surface area contributed by atoms with Crippen molar-refractivity contribution in [2.75, 3.05) is 7.05 Å². The highest BCUT2D eigenvalue weighted by Crippen LogP contribution is 2.28. The zero-order valence-electron chi connectivity index (χ0n) is 9.94. The normalized spacial score (nSPS) is 14.0. The van der Waals surface area contributed by atoms with Gasteiger partial charge in [0.25, 0.3) is 0 Å². The summed E-state index contributed by atoms with van der Waals surface area (Å²) in [5, 5.41) is 0. The lowest BCUT2D eigenvalue weighted by molar-refractivity contribution is 0.380. The van der Waals surface area contributed by atoms with Gasteiger partial charge in [-0.1, -0.05) is 22.9 Å². The van der Waals surface area contributed by atoms with Crippen LogP contribution in [0.3, 0.4) is 0 Å². The van der Waals surface area contributed by atoms with E-state index >= 15 is 0 Å². The van der Waals surface area contributed by atoms with Gasteiger partial charge in [0, 0.05) is 22.0 Å². The highest BCUT2D eigenvalue weighted by molar-refractivity contribution is 9.11. The molecule has 1 unspecified atom stereocenters. The fraction of sp³-hybridized carbons (Fsp3) is 0.455. The number of halogens is 2. The first-order chi connectivity index (χ1) is 7.80. The van der Waals surface area contributed by atoms with E-state index in [0.29, 0.717) is 4.47 Å². The molecule has 0 bridgehead atoms. The molecule has 0 aliphatic rings. The van der Waals surface area contributed by atoms with Gasteiger partial charge in [-0.2, -0.15) is 4.31 Å². The molecule has 1 aromatic carbocycles. The van der Waals surface area contributed by atoms with Crippen molar-refractivity contribution >= 4 is 41.9 Å². The molecule has 0 saturated heterocycles. The van der Waals surface area contributed by atoms with Gasteiger partial charge in [0.05, 0.1) is 4.90 Å². The third kappa shape index (κ3) is 3.30. The van der Waals surface area contributed by atoms with Crippen LogP contribution >= 0.6 is 31.9 Å². The van der Waals surface area contributed by atoms with Crippen molar-refractivity contribution in [2.45, 2.75) is 31.2 Å². The summed E-state index contributed by atoms with van der Waals surface area (Å²) in [7, 11) is -1.84. The van der Waals surface area contributed by atoms with Crippen LogP contribution in [0.4, 0.5) is 0 Å². The smallest absolute Gasteiger partial charge is 0.207 e. The van der Waals surface area contributed by atoms with Crippen molar-refractivity contribution < 1.29 is 8.42 Å². The molecule has 0 radical (unpaired) electrons. The van der Waals surface area contributed by atoms with Crippen LogP contribution in [0.5, 0.6) is 0 Å². The lowest BCUT2D eigenvalue weighted by Crippen LogP contribution is -2.34. The lowest BCUT2D eigenvalue weighted by Gasteiger charge is -2.23. The first kappa shape index (κ1) is 15.1. The number of hydrogen-bond donors (Lipinski definition) is 0. The first-order valence-electron chi connectivity index (χ1n) is 5.23. The molecule has 1 atom stereocenters. The Labute approximate surface area is 120 Å². The highest BCUT2D eigenvalue weighted by atomic mass is 79.9. The maximum Gasteiger partial charge on any atom is 0.244 e. The minimum Gasteiger partial charge on any atom is -0.207 e. The Morgan fingerprint density at radius 3 is 2.47 bits per heavy atom. The molecular formula is C11H15Br2NO2S. The molecule has 0 aliphatic heterocycles. The average molecular weight is 385 g/mol. The molecule has 0 spiro atoms. The van der Waals surface area contributed by atoms with E-state index in [0.717, 1.165) is 10.9 Å². The zero-order valence-corrected chi connectivity index (χ0v) is 13.9. The zero-order chi connectivity index (χ0) is 13.2. The fourth-order valence-electron chi connectivity index (χ4n) is 1.32. The summed E-state index contributed by atoms with van der Waals surface area (Å²) in [6.07, 6.45) is 0.779. The molecular weight excluding hydrogens is 370 g/mol. The van der Waals surface area contributed by atoms with Crippen LogP contribution in [0.1, 0.15) is 20.3 Å². The van der Waals surface area contributed by atoms with E-state index < -0.39 is 10.0 Å². The van der Waals surface area contributed by atoms with Crippen molar-refractivity contribution in [1.29, 1.82) is 0 Å². The Bertz CT molecular complexity index is 502. The highest BCUT2D eigenvalue weighted by Gasteiger charge is 2.26. The van der Waals surface area contributed by atoms with E-state index in [4.69, 9.17) is 0 Å². The standard InChI is InChI=1S/C11H15Br2NO2S/c1-4-8(2)14(3)17(15,16)11-7-9(12)5-6-10(11)13/h5-8H,4H2,1-3H3. The van der Waals surface area contributed by atoms with Gasteiger partial charge in [-0.15, -0.1) is 0 Å². The molecule has 0 N–H and O–H groups in total. The van der Waals surface area contributed by atoms with Gasteiger partial charge < -0.3 is 0 Å². The van der Waals surface area contributed by atoms with E-state index in [1.54, 1.807) is 25.2 Å². The monoisotopic (exact) mass is 383 g/mol. The van der Waals surface area contributed by atoms with Crippen LogP contribution in [0.2, 0.25) is 0 Å². The number of benzene rings is 1. The van der Waals surface area contributed by atoms with Gasteiger partial charge in [0.15, 0.2) is 0 Å². The number of rotatable bonds is 4. The number of hydrogen-bond acceptors (Lipinski definition) is 2. The van der Waals surface area contributed by atoms with E-state index in [2.05, 4.69) is 31.9 Å². The Morgan fingerprint density at radius 2 is 1.94 bits per heavy atom. The summed E-state index contributed by atoms with van der Waals surface area (Å²) < 4.78 is 27.5. The fourth-order valence-corrected chi connectivity index (χ4v) is 4.22. The maximum absolute atomic E-state index is 12.4. The molecule has 0 amide bonds. The molecule has 96 valence electrons. The van der Waals surface area contributed by atoms with Gasteiger partial charge in [-0.3, -0.25) is 0 Å². The van der Waals surface area contributed by atoms with Crippen molar-refractivity contribution in [3.63, 3.8) is 0 Å². The van der Waals surface area contributed by atoms with Crippen LogP contribution < -0.4 is 0 Å². The Kier molecular flexibility index (Phi) is 5.19. The average Bonchev–Trinajstić information content (AvgIpc) is 2.30. The molecule has 3 nitrogen and oxygen atoms in total. The summed E-state index contributed by atoms with van der Waals surface area (Å²) in [4.78, 5) is 0.287. The summed E-state index contributed by atoms with van der Waals surface area (Å²) in [6.45, 7) is 3.86. The van der Waals surface area contributed by atoms with Crippen LogP contribution in [0.15, 0.2) is 32.0 Å². The predicted molar refractivity (Wildman–Crippen MR) is 76.5 cm³/mol. The van der Waals surface area contributed by atoms with Gasteiger partial charge in [-0.25, -0.2) is 8.42 Å². The minimum absolute atomic E-state index is 0.0223. The minimum atomic E-state index is -3.45. The third-order valence-corrected chi connectivity index (χ3v) is 6.22. The predicted octanol–water partition coefficient (Wildman–Crippen LogP) is 3.63. The van der Waals surface area contributed by atoms with Gasteiger partial charge in [0.2, 0.25) is 10.0 Å².